The predicted octanol–water partition coefficient (Wildman–Crippen LogP) is 3.48. The minimum atomic E-state index is -0.212. The number of halogens is 1. The summed E-state index contributed by atoms with van der Waals surface area (Å²) < 4.78 is 0.857. The zero-order valence-corrected chi connectivity index (χ0v) is 14.7. The van der Waals surface area contributed by atoms with Gasteiger partial charge in [0.25, 0.3) is 0 Å². The van der Waals surface area contributed by atoms with Gasteiger partial charge in [-0.05, 0) is 59.0 Å². The highest BCUT2D eigenvalue weighted by molar-refractivity contribution is 9.10. The number of fused-ring (bicyclic) bond motifs is 1. The van der Waals surface area contributed by atoms with E-state index in [9.17, 15) is 4.79 Å². The average Bonchev–Trinajstić information content (AvgIpc) is 2.81. The monoisotopic (exact) mass is 382 g/mol. The van der Waals surface area contributed by atoms with Gasteiger partial charge in [-0.25, -0.2) is 4.79 Å². The van der Waals surface area contributed by atoms with Crippen LogP contribution in [-0.4, -0.2) is 21.1 Å². The van der Waals surface area contributed by atoms with E-state index in [2.05, 4.69) is 43.5 Å². The van der Waals surface area contributed by atoms with Crippen molar-refractivity contribution in [2.45, 2.75) is 38.6 Å². The molecule has 22 heavy (non-hydrogen) atoms. The number of nitrogens with one attached hydrogen (secondary N) is 4. The fourth-order valence-corrected chi connectivity index (χ4v) is 3.71. The second-order valence-corrected chi connectivity index (χ2v) is 7.19. The van der Waals surface area contributed by atoms with Crippen molar-refractivity contribution in [2.75, 3.05) is 5.32 Å². The average molecular weight is 383 g/mol. The molecule has 0 amide bonds. The lowest BCUT2D eigenvalue weighted by Gasteiger charge is -2.30. The Morgan fingerprint density at radius 3 is 2.68 bits per heavy atom. The van der Waals surface area contributed by atoms with Crippen molar-refractivity contribution in [3.63, 3.8) is 0 Å². The van der Waals surface area contributed by atoms with Gasteiger partial charge in [0.15, 0.2) is 5.11 Å². The first-order valence-corrected chi connectivity index (χ1v) is 8.72. The van der Waals surface area contributed by atoms with Gasteiger partial charge in [0.1, 0.15) is 0 Å². The molecule has 3 rings (SSSR count). The van der Waals surface area contributed by atoms with E-state index in [1.165, 1.54) is 19.3 Å². The summed E-state index contributed by atoms with van der Waals surface area (Å²) in [6.45, 7) is 2.27. The van der Waals surface area contributed by atoms with Crippen molar-refractivity contribution in [2.24, 2.45) is 5.92 Å². The molecule has 2 aromatic rings. The zero-order valence-electron chi connectivity index (χ0n) is 12.3. The fourth-order valence-electron chi connectivity index (χ4n) is 3.01. The molecule has 5 nitrogen and oxygen atoms in total. The Morgan fingerprint density at radius 2 is 1.95 bits per heavy atom. The van der Waals surface area contributed by atoms with Crippen molar-refractivity contribution in [3.8, 4) is 0 Å². The van der Waals surface area contributed by atoms with Gasteiger partial charge in [0, 0.05) is 10.5 Å². The summed E-state index contributed by atoms with van der Waals surface area (Å²) in [5.41, 5.74) is 2.14. The molecule has 7 heteroatoms. The maximum Gasteiger partial charge on any atom is 0.323 e. The molecule has 0 saturated heterocycles. The highest BCUT2D eigenvalue weighted by atomic mass is 79.9. The Hall–Kier alpha value is -1.34. The SMILES string of the molecule is C[C@H]1CCCC[C@@H]1NC(=S)Nc1cc2[nH]c(=O)[nH]c2cc1Br. The lowest BCUT2D eigenvalue weighted by atomic mass is 9.86. The van der Waals surface area contributed by atoms with Crippen LogP contribution in [0, 0.1) is 5.92 Å². The Labute approximate surface area is 142 Å². The minimum absolute atomic E-state index is 0.212. The van der Waals surface area contributed by atoms with Crippen LogP contribution in [0.4, 0.5) is 5.69 Å². The predicted molar refractivity (Wildman–Crippen MR) is 97.4 cm³/mol. The van der Waals surface area contributed by atoms with Gasteiger partial charge in [0.2, 0.25) is 0 Å². The Bertz CT molecular complexity index is 754. The summed E-state index contributed by atoms with van der Waals surface area (Å²) in [5, 5.41) is 7.26. The van der Waals surface area contributed by atoms with Crippen LogP contribution in [0.1, 0.15) is 32.6 Å². The molecular weight excluding hydrogens is 364 g/mol. The molecule has 1 aliphatic rings. The Balaban J connectivity index is 1.73. The Morgan fingerprint density at radius 1 is 1.27 bits per heavy atom. The zero-order chi connectivity index (χ0) is 15.7. The molecule has 1 aromatic heterocycles. The van der Waals surface area contributed by atoms with E-state index >= 15 is 0 Å². The van der Waals surface area contributed by atoms with Crippen LogP contribution >= 0.6 is 28.1 Å². The summed E-state index contributed by atoms with van der Waals surface area (Å²) in [5.74, 6) is 0.639. The molecule has 1 saturated carbocycles. The van der Waals surface area contributed by atoms with E-state index in [1.807, 2.05) is 12.1 Å². The summed E-state index contributed by atoms with van der Waals surface area (Å²) in [6, 6.07) is 4.17. The topological polar surface area (TPSA) is 72.7 Å². The molecule has 1 aromatic carbocycles. The van der Waals surface area contributed by atoms with Crippen LogP contribution in [0.5, 0.6) is 0 Å². The highest BCUT2D eigenvalue weighted by Crippen LogP contribution is 2.27. The molecular formula is C15H19BrN4OS. The lowest BCUT2D eigenvalue weighted by molar-refractivity contribution is 0.309. The first kappa shape index (κ1) is 15.6. The van der Waals surface area contributed by atoms with E-state index in [4.69, 9.17) is 12.2 Å². The molecule has 0 bridgehead atoms. The molecule has 2 atom stereocenters. The van der Waals surface area contributed by atoms with Crippen molar-refractivity contribution in [1.82, 2.24) is 15.3 Å². The molecule has 0 spiro atoms. The summed E-state index contributed by atoms with van der Waals surface area (Å²) >= 11 is 8.94. The van der Waals surface area contributed by atoms with Crippen LogP contribution in [0.3, 0.4) is 0 Å². The second-order valence-electron chi connectivity index (χ2n) is 5.92. The van der Waals surface area contributed by atoms with Gasteiger partial charge in [-0.3, -0.25) is 0 Å². The van der Waals surface area contributed by atoms with Gasteiger partial charge in [0.05, 0.1) is 16.7 Å². The van der Waals surface area contributed by atoms with E-state index < -0.39 is 0 Å². The normalized spacial score (nSPS) is 21.7. The highest BCUT2D eigenvalue weighted by Gasteiger charge is 2.21. The van der Waals surface area contributed by atoms with Crippen LogP contribution in [0.25, 0.3) is 11.0 Å². The quantitative estimate of drug-likeness (QED) is 0.599. The number of hydrogen-bond donors (Lipinski definition) is 4. The van der Waals surface area contributed by atoms with E-state index in [1.54, 1.807) is 0 Å². The number of aromatic nitrogens is 2. The van der Waals surface area contributed by atoms with Crippen LogP contribution in [0.15, 0.2) is 21.4 Å². The first-order valence-electron chi connectivity index (χ1n) is 7.52. The first-order chi connectivity index (χ1) is 10.5. The molecule has 4 N–H and O–H groups in total. The number of aromatic amines is 2. The third kappa shape index (κ3) is 3.35. The van der Waals surface area contributed by atoms with E-state index in [0.29, 0.717) is 17.1 Å². The molecule has 0 radical (unpaired) electrons. The Kier molecular flexibility index (Phi) is 4.54. The summed E-state index contributed by atoms with van der Waals surface area (Å²) in [4.78, 5) is 16.8. The molecule has 1 aliphatic carbocycles. The number of rotatable bonds is 2. The molecule has 1 heterocycles. The maximum absolute atomic E-state index is 11.3. The van der Waals surface area contributed by atoms with Crippen molar-refractivity contribution in [3.05, 3.63) is 27.1 Å². The number of H-pyrrole nitrogens is 2. The van der Waals surface area contributed by atoms with Gasteiger partial charge in [-0.15, -0.1) is 0 Å². The number of benzene rings is 1. The van der Waals surface area contributed by atoms with Crippen molar-refractivity contribution >= 4 is 50.0 Å². The van der Waals surface area contributed by atoms with E-state index in [-0.39, 0.29) is 5.69 Å². The van der Waals surface area contributed by atoms with Crippen molar-refractivity contribution < 1.29 is 0 Å². The molecule has 118 valence electrons. The fraction of sp³-hybridized carbons (Fsp3) is 0.467. The number of hydrogen-bond acceptors (Lipinski definition) is 2. The van der Waals surface area contributed by atoms with Gasteiger partial charge >= 0.3 is 5.69 Å². The third-order valence-corrected chi connectivity index (χ3v) is 5.16. The summed E-state index contributed by atoms with van der Waals surface area (Å²) in [6.07, 6.45) is 4.97. The van der Waals surface area contributed by atoms with Gasteiger partial charge in [-0.2, -0.15) is 0 Å². The lowest BCUT2D eigenvalue weighted by Crippen LogP contribution is -2.43. The second kappa shape index (κ2) is 6.42. The largest absolute Gasteiger partial charge is 0.359 e. The van der Waals surface area contributed by atoms with Crippen LogP contribution in [0.2, 0.25) is 0 Å². The summed E-state index contributed by atoms with van der Waals surface area (Å²) in [7, 11) is 0. The van der Waals surface area contributed by atoms with Crippen LogP contribution < -0.4 is 16.3 Å². The smallest absolute Gasteiger partial charge is 0.323 e. The standard InChI is InChI=1S/C15H19BrN4OS/c1-8-4-2-3-5-10(8)19-15(22)20-11-7-13-12(6-9(11)16)17-14(21)18-13/h6-8,10H,2-5H2,1H3,(H2,17,18,21)(H2,19,20,22)/t8-,10-/m0/s1. The minimum Gasteiger partial charge on any atom is -0.359 e. The van der Waals surface area contributed by atoms with Crippen LogP contribution in [-0.2, 0) is 0 Å². The maximum atomic E-state index is 11.3. The third-order valence-electron chi connectivity index (χ3n) is 4.28. The van der Waals surface area contributed by atoms with Gasteiger partial charge < -0.3 is 20.6 Å². The van der Waals surface area contributed by atoms with Crippen molar-refractivity contribution in [1.29, 1.82) is 0 Å². The van der Waals surface area contributed by atoms with Gasteiger partial charge in [-0.1, -0.05) is 19.8 Å². The number of thiocarbonyl (C=S) groups is 1. The molecule has 0 unspecified atom stereocenters. The number of imidazole rings is 1. The molecule has 0 aliphatic heterocycles. The number of anilines is 1. The molecule has 1 fully saturated rings. The van der Waals surface area contributed by atoms with E-state index in [0.717, 1.165) is 27.6 Å².